The molecule has 4 nitrogen and oxygen atoms in total. The number of imidazole rings is 1. The van der Waals surface area contributed by atoms with Gasteiger partial charge >= 0.3 is 0 Å². The van der Waals surface area contributed by atoms with Gasteiger partial charge in [-0.2, -0.15) is 0 Å². The molecule has 6 aromatic carbocycles. The second-order valence-corrected chi connectivity index (χ2v) is 13.1. The van der Waals surface area contributed by atoms with Gasteiger partial charge in [-0.15, -0.1) is 0 Å². The molecule has 0 fully saturated rings. The van der Waals surface area contributed by atoms with Crippen molar-refractivity contribution in [1.29, 1.82) is 0 Å². The van der Waals surface area contributed by atoms with Gasteiger partial charge in [0, 0.05) is 19.7 Å². The first-order valence-corrected chi connectivity index (χ1v) is 17.2. The number of aromatic nitrogens is 2. The lowest BCUT2D eigenvalue weighted by atomic mass is 9.87. The zero-order valence-corrected chi connectivity index (χ0v) is 28.2. The van der Waals surface area contributed by atoms with Crippen LogP contribution in [0.25, 0.3) is 66.1 Å². The Morgan fingerprint density at radius 3 is 2.18 bits per heavy atom. The van der Waals surface area contributed by atoms with E-state index >= 15 is 0 Å². The molecule has 0 bridgehead atoms. The van der Waals surface area contributed by atoms with Crippen LogP contribution in [0.1, 0.15) is 17.0 Å². The standard InChI is InChI=1S/C46H36N4/c1-4-30(14-13-23-44-47-40-19-9-11-21-42(40)49(44)2)38-28-33-29-39(35-16-6-8-18-37(35)45(33)36-17-7-5-15-34(36)38)31-24-26-32(27-25-31)46-48-41-20-10-12-22-43(41)50(46)3/h4-29,41,43H,1H2,2-3H3/b23-13+,30-14+. The van der Waals surface area contributed by atoms with Gasteiger partial charge in [-0.25, -0.2) is 4.98 Å². The minimum atomic E-state index is 0.174. The first-order chi connectivity index (χ1) is 24.6. The Morgan fingerprint density at radius 1 is 0.740 bits per heavy atom. The Labute approximate surface area is 292 Å². The van der Waals surface area contributed by atoms with Crippen LogP contribution in [-0.2, 0) is 7.05 Å². The molecule has 50 heavy (non-hydrogen) atoms. The predicted octanol–water partition coefficient (Wildman–Crippen LogP) is 10.5. The highest BCUT2D eigenvalue weighted by Gasteiger charge is 2.31. The van der Waals surface area contributed by atoms with E-state index in [0.717, 1.165) is 39.4 Å². The highest BCUT2D eigenvalue weighted by atomic mass is 15.3. The third kappa shape index (κ3) is 4.83. The molecule has 4 heteroatoms. The Balaban J connectivity index is 1.16. The number of likely N-dealkylation sites (N-methyl/N-ethyl adjacent to an activating group) is 1. The zero-order chi connectivity index (χ0) is 33.8. The molecule has 0 N–H and O–H groups in total. The molecule has 2 unspecified atom stereocenters. The summed E-state index contributed by atoms with van der Waals surface area (Å²) in [5, 5.41) is 7.40. The summed E-state index contributed by atoms with van der Waals surface area (Å²) in [6.07, 6.45) is 16.9. The lowest BCUT2D eigenvalue weighted by Crippen LogP contribution is -2.35. The van der Waals surface area contributed by atoms with Crippen molar-refractivity contribution in [1.82, 2.24) is 14.5 Å². The molecule has 2 heterocycles. The molecule has 1 aliphatic heterocycles. The van der Waals surface area contributed by atoms with Crippen molar-refractivity contribution in [3.05, 3.63) is 175 Å². The Hall–Kier alpha value is -6.26. The molecule has 0 saturated heterocycles. The number of para-hydroxylation sites is 2. The SMILES string of the molecule is C=C/C(=C\C=C\c1nc2ccccc2n1C)c1cc2cc(-c3ccc(C4=NC5C=CC=CC5N4C)cc3)c3ccccc3c2c2ccccc12. The summed E-state index contributed by atoms with van der Waals surface area (Å²) in [4.78, 5) is 12.2. The molecule has 2 aliphatic rings. The fourth-order valence-electron chi connectivity index (χ4n) is 7.79. The van der Waals surface area contributed by atoms with Crippen LogP contribution in [-0.4, -0.2) is 39.4 Å². The van der Waals surface area contributed by atoms with Gasteiger partial charge in [0.2, 0.25) is 0 Å². The minimum Gasteiger partial charge on any atom is -0.351 e. The van der Waals surface area contributed by atoms with E-state index in [9.17, 15) is 0 Å². The van der Waals surface area contributed by atoms with Crippen LogP contribution in [0.4, 0.5) is 0 Å². The van der Waals surface area contributed by atoms with Crippen molar-refractivity contribution in [3.63, 3.8) is 0 Å². The lowest BCUT2D eigenvalue weighted by molar-refractivity contribution is 0.437. The number of benzene rings is 6. The molecule has 0 spiro atoms. The zero-order valence-electron chi connectivity index (χ0n) is 28.2. The maximum Gasteiger partial charge on any atom is 0.133 e. The molecular weight excluding hydrogens is 609 g/mol. The number of hydrogen-bond acceptors (Lipinski definition) is 3. The van der Waals surface area contributed by atoms with Crippen LogP contribution < -0.4 is 0 Å². The minimum absolute atomic E-state index is 0.174. The number of fused-ring (bicyclic) bond motifs is 7. The third-order valence-corrected chi connectivity index (χ3v) is 10.3. The van der Waals surface area contributed by atoms with E-state index in [-0.39, 0.29) is 12.1 Å². The monoisotopic (exact) mass is 644 g/mol. The molecular formula is C46H36N4. The quantitative estimate of drug-likeness (QED) is 0.133. The Morgan fingerprint density at radius 2 is 1.42 bits per heavy atom. The molecule has 240 valence electrons. The second kappa shape index (κ2) is 12.0. The summed E-state index contributed by atoms with van der Waals surface area (Å²) >= 11 is 0. The second-order valence-electron chi connectivity index (χ2n) is 13.1. The highest BCUT2D eigenvalue weighted by molar-refractivity contribution is 6.25. The van der Waals surface area contributed by atoms with Crippen LogP contribution >= 0.6 is 0 Å². The average molecular weight is 645 g/mol. The molecule has 0 amide bonds. The number of hydrogen-bond donors (Lipinski definition) is 0. The van der Waals surface area contributed by atoms with Gasteiger partial charge < -0.3 is 9.47 Å². The maximum absolute atomic E-state index is 5.05. The van der Waals surface area contributed by atoms with Gasteiger partial charge in [0.15, 0.2) is 0 Å². The fraction of sp³-hybridized carbons (Fsp3) is 0.0870. The van der Waals surface area contributed by atoms with Crippen molar-refractivity contribution in [2.24, 2.45) is 12.0 Å². The van der Waals surface area contributed by atoms with E-state index in [4.69, 9.17) is 9.98 Å². The molecule has 9 rings (SSSR count). The van der Waals surface area contributed by atoms with Gasteiger partial charge in [0.25, 0.3) is 0 Å². The molecule has 1 aromatic heterocycles. The number of aliphatic imine (C=N–C) groups is 1. The predicted molar refractivity (Wildman–Crippen MR) is 212 cm³/mol. The smallest absolute Gasteiger partial charge is 0.133 e. The first-order valence-electron chi connectivity index (χ1n) is 17.2. The molecule has 2 atom stereocenters. The van der Waals surface area contributed by atoms with Crippen molar-refractivity contribution in [2.45, 2.75) is 12.1 Å². The number of aryl methyl sites for hydroxylation is 1. The van der Waals surface area contributed by atoms with Gasteiger partial charge in [-0.3, -0.25) is 4.99 Å². The number of amidine groups is 1. The van der Waals surface area contributed by atoms with Crippen LogP contribution in [0.15, 0.2) is 163 Å². The van der Waals surface area contributed by atoms with Crippen molar-refractivity contribution >= 4 is 60.8 Å². The summed E-state index contributed by atoms with van der Waals surface area (Å²) < 4.78 is 2.12. The van der Waals surface area contributed by atoms with Gasteiger partial charge in [-0.1, -0.05) is 134 Å². The van der Waals surface area contributed by atoms with E-state index < -0.39 is 0 Å². The first kappa shape index (κ1) is 29.8. The van der Waals surface area contributed by atoms with Crippen LogP contribution in [0.5, 0.6) is 0 Å². The summed E-state index contributed by atoms with van der Waals surface area (Å²) in [6.45, 7) is 4.24. The average Bonchev–Trinajstić information content (AvgIpc) is 3.68. The van der Waals surface area contributed by atoms with Gasteiger partial charge in [-0.05, 0) is 84.9 Å². The third-order valence-electron chi connectivity index (χ3n) is 10.3. The van der Waals surface area contributed by atoms with E-state index in [2.05, 4.69) is 170 Å². The Bertz CT molecular complexity index is 2650. The topological polar surface area (TPSA) is 33.4 Å². The van der Waals surface area contributed by atoms with Crippen molar-refractivity contribution < 1.29 is 0 Å². The van der Waals surface area contributed by atoms with Crippen LogP contribution in [0.3, 0.4) is 0 Å². The summed E-state index contributed by atoms with van der Waals surface area (Å²) in [6, 6.07) is 39.8. The molecule has 0 saturated carbocycles. The van der Waals surface area contributed by atoms with Crippen molar-refractivity contribution in [2.75, 3.05) is 7.05 Å². The maximum atomic E-state index is 5.05. The summed E-state index contributed by atoms with van der Waals surface area (Å²) in [5.74, 6) is 1.95. The van der Waals surface area contributed by atoms with E-state index in [1.54, 1.807) is 0 Å². The number of rotatable bonds is 6. The van der Waals surface area contributed by atoms with E-state index in [0.29, 0.717) is 0 Å². The number of nitrogens with zero attached hydrogens (tertiary/aromatic N) is 4. The van der Waals surface area contributed by atoms with Crippen LogP contribution in [0, 0.1) is 0 Å². The van der Waals surface area contributed by atoms with E-state index in [1.165, 1.54) is 43.4 Å². The van der Waals surface area contributed by atoms with Crippen LogP contribution in [0.2, 0.25) is 0 Å². The van der Waals surface area contributed by atoms with Gasteiger partial charge in [0.1, 0.15) is 11.7 Å². The normalized spacial score (nSPS) is 17.4. The molecule has 7 aromatic rings. The summed E-state index contributed by atoms with van der Waals surface area (Å²) in [5.41, 5.74) is 7.86. The van der Waals surface area contributed by atoms with Crippen molar-refractivity contribution in [3.8, 4) is 11.1 Å². The molecule has 0 radical (unpaired) electrons. The largest absolute Gasteiger partial charge is 0.351 e. The fourth-order valence-corrected chi connectivity index (χ4v) is 7.79. The Kier molecular flexibility index (Phi) is 7.17. The molecule has 1 aliphatic carbocycles. The van der Waals surface area contributed by atoms with Gasteiger partial charge in [0.05, 0.1) is 23.1 Å². The summed E-state index contributed by atoms with van der Waals surface area (Å²) in [7, 11) is 4.20. The number of allylic oxidation sites excluding steroid dienone is 6. The lowest BCUT2D eigenvalue weighted by Gasteiger charge is -2.24. The highest BCUT2D eigenvalue weighted by Crippen LogP contribution is 2.41. The van der Waals surface area contributed by atoms with E-state index in [1.807, 2.05) is 18.2 Å².